The van der Waals surface area contributed by atoms with E-state index in [1.54, 1.807) is 13.0 Å². The van der Waals surface area contributed by atoms with Gasteiger partial charge < -0.3 is 9.84 Å². The van der Waals surface area contributed by atoms with Crippen molar-refractivity contribution in [3.63, 3.8) is 0 Å². The lowest BCUT2D eigenvalue weighted by Crippen LogP contribution is -2.41. The zero-order valence-electron chi connectivity index (χ0n) is 10.2. The molecule has 0 fully saturated rings. The molecule has 0 spiro atoms. The molecule has 2 atom stereocenters. The number of ether oxygens (including phenoxy) is 1. The molecule has 1 aliphatic rings. The molecule has 0 heterocycles. The molecule has 0 amide bonds. The molecule has 1 N–H and O–H groups in total. The highest BCUT2D eigenvalue weighted by atomic mass is 16.5. The minimum atomic E-state index is -1.00. The van der Waals surface area contributed by atoms with Crippen LogP contribution in [0.1, 0.15) is 46.0 Å². The molecule has 0 aromatic carbocycles. The van der Waals surface area contributed by atoms with Crippen LogP contribution in [-0.4, -0.2) is 23.3 Å². The van der Waals surface area contributed by atoms with E-state index in [0.29, 0.717) is 19.4 Å². The Morgan fingerprint density at radius 3 is 2.88 bits per heavy atom. The Morgan fingerprint density at radius 2 is 2.25 bits per heavy atom. The molecule has 1 rings (SSSR count). The van der Waals surface area contributed by atoms with Crippen molar-refractivity contribution < 1.29 is 14.6 Å². The lowest BCUT2D eigenvalue weighted by molar-refractivity contribution is -0.156. The molecule has 0 radical (unpaired) electrons. The molecule has 0 aromatic heterocycles. The van der Waals surface area contributed by atoms with Gasteiger partial charge in [-0.25, -0.2) is 0 Å². The molecule has 0 aliphatic heterocycles. The van der Waals surface area contributed by atoms with Gasteiger partial charge in [0.2, 0.25) is 0 Å². The number of allylic oxidation sites excluding steroid dienone is 1. The first-order chi connectivity index (χ1) is 7.64. The van der Waals surface area contributed by atoms with Crippen molar-refractivity contribution in [3.8, 4) is 0 Å². The first kappa shape index (κ1) is 13.2. The fraction of sp³-hybridized carbons (Fsp3) is 0.769. The molecule has 92 valence electrons. The smallest absolute Gasteiger partial charge is 0.312 e. The van der Waals surface area contributed by atoms with Crippen molar-refractivity contribution in [2.75, 3.05) is 6.61 Å². The van der Waals surface area contributed by atoms with Crippen molar-refractivity contribution >= 4 is 5.97 Å². The molecule has 1 aliphatic carbocycles. The molecule has 2 unspecified atom stereocenters. The summed E-state index contributed by atoms with van der Waals surface area (Å²) in [5.41, 5.74) is -1.00. The molecule has 3 nitrogen and oxygen atoms in total. The summed E-state index contributed by atoms with van der Waals surface area (Å²) in [6, 6.07) is 0. The quantitative estimate of drug-likeness (QED) is 0.591. The third-order valence-electron chi connectivity index (χ3n) is 3.19. The van der Waals surface area contributed by atoms with Gasteiger partial charge in [-0.05, 0) is 39.0 Å². The maximum atomic E-state index is 11.8. The van der Waals surface area contributed by atoms with Crippen molar-refractivity contribution in [1.82, 2.24) is 0 Å². The van der Waals surface area contributed by atoms with Crippen LogP contribution in [-0.2, 0) is 9.53 Å². The third-order valence-corrected chi connectivity index (χ3v) is 3.19. The summed E-state index contributed by atoms with van der Waals surface area (Å²) in [5.74, 6) is -0.708. The minimum absolute atomic E-state index is 0.279. The van der Waals surface area contributed by atoms with Crippen LogP contribution in [0, 0.1) is 5.92 Å². The molecular formula is C13H22O3. The first-order valence-corrected chi connectivity index (χ1v) is 6.20. The maximum Gasteiger partial charge on any atom is 0.312 e. The third kappa shape index (κ3) is 3.08. The average Bonchev–Trinajstić information content (AvgIpc) is 2.45. The fourth-order valence-corrected chi connectivity index (χ4v) is 2.30. The van der Waals surface area contributed by atoms with E-state index in [1.807, 2.05) is 13.0 Å². The summed E-state index contributed by atoms with van der Waals surface area (Å²) < 4.78 is 5.02. The Bertz CT molecular complexity index is 260. The van der Waals surface area contributed by atoms with Gasteiger partial charge in [0.05, 0.1) is 18.1 Å². The summed E-state index contributed by atoms with van der Waals surface area (Å²) in [6.07, 6.45) is 8.07. The number of rotatable bonds is 4. The van der Waals surface area contributed by atoms with E-state index >= 15 is 0 Å². The first-order valence-electron chi connectivity index (χ1n) is 6.20. The van der Waals surface area contributed by atoms with Crippen molar-refractivity contribution in [3.05, 3.63) is 12.2 Å². The van der Waals surface area contributed by atoms with E-state index in [9.17, 15) is 9.90 Å². The summed E-state index contributed by atoms with van der Waals surface area (Å²) >= 11 is 0. The number of carbonyl (C=O) groups is 1. The van der Waals surface area contributed by atoms with E-state index in [2.05, 4.69) is 0 Å². The predicted molar refractivity (Wildman–Crippen MR) is 63.0 cm³/mol. The predicted octanol–water partition coefficient (Wildman–Crippen LogP) is 2.44. The van der Waals surface area contributed by atoms with Gasteiger partial charge in [-0.15, -0.1) is 0 Å². The monoisotopic (exact) mass is 226 g/mol. The molecule has 0 saturated carbocycles. The Hall–Kier alpha value is -0.830. The van der Waals surface area contributed by atoms with Crippen LogP contribution in [0.2, 0.25) is 0 Å². The Labute approximate surface area is 97.5 Å². The fourth-order valence-electron chi connectivity index (χ4n) is 2.30. The van der Waals surface area contributed by atoms with Crippen molar-refractivity contribution in [2.45, 2.75) is 51.6 Å². The van der Waals surface area contributed by atoms with Gasteiger partial charge in [0.1, 0.15) is 0 Å². The maximum absolute atomic E-state index is 11.8. The summed E-state index contributed by atoms with van der Waals surface area (Å²) in [4.78, 5) is 11.8. The van der Waals surface area contributed by atoms with Crippen LogP contribution < -0.4 is 0 Å². The highest BCUT2D eigenvalue weighted by Gasteiger charge is 2.39. The molecule has 16 heavy (non-hydrogen) atoms. The van der Waals surface area contributed by atoms with Gasteiger partial charge in [-0.2, -0.15) is 0 Å². The largest absolute Gasteiger partial charge is 0.466 e. The van der Waals surface area contributed by atoms with Crippen LogP contribution in [0.3, 0.4) is 0 Å². The molecular weight excluding hydrogens is 204 g/mol. The summed E-state index contributed by atoms with van der Waals surface area (Å²) in [6.45, 7) is 4.07. The molecule has 0 aromatic rings. The van der Waals surface area contributed by atoms with Gasteiger partial charge in [0.15, 0.2) is 0 Å². The highest BCUT2D eigenvalue weighted by molar-refractivity contribution is 5.74. The van der Waals surface area contributed by atoms with Gasteiger partial charge in [0, 0.05) is 0 Å². The van der Waals surface area contributed by atoms with Crippen molar-refractivity contribution in [2.24, 2.45) is 5.92 Å². The zero-order chi connectivity index (χ0) is 12.0. The lowest BCUT2D eigenvalue weighted by Gasteiger charge is -2.31. The van der Waals surface area contributed by atoms with E-state index in [1.165, 1.54) is 0 Å². The number of esters is 1. The Morgan fingerprint density at radius 1 is 1.50 bits per heavy atom. The van der Waals surface area contributed by atoms with Crippen LogP contribution >= 0.6 is 0 Å². The van der Waals surface area contributed by atoms with Gasteiger partial charge in [-0.1, -0.05) is 19.1 Å². The van der Waals surface area contributed by atoms with Crippen LogP contribution in [0.15, 0.2) is 12.2 Å². The van der Waals surface area contributed by atoms with Crippen LogP contribution in [0.25, 0.3) is 0 Å². The number of aliphatic hydroxyl groups is 1. The second-order valence-corrected chi connectivity index (χ2v) is 4.35. The summed E-state index contributed by atoms with van der Waals surface area (Å²) in [7, 11) is 0. The SMILES string of the molecule is CCOC(=O)C(CC)C1(O)C=CCCCC1. The molecule has 0 bridgehead atoms. The second kappa shape index (κ2) is 6.04. The van der Waals surface area contributed by atoms with E-state index in [0.717, 1.165) is 19.3 Å². The lowest BCUT2D eigenvalue weighted by atomic mass is 9.82. The van der Waals surface area contributed by atoms with Crippen LogP contribution in [0.5, 0.6) is 0 Å². The van der Waals surface area contributed by atoms with Gasteiger partial charge in [-0.3, -0.25) is 4.79 Å². The van der Waals surface area contributed by atoms with E-state index in [4.69, 9.17) is 4.74 Å². The average molecular weight is 226 g/mol. The Balaban J connectivity index is 2.79. The van der Waals surface area contributed by atoms with Crippen molar-refractivity contribution in [1.29, 1.82) is 0 Å². The van der Waals surface area contributed by atoms with Gasteiger partial charge in [0.25, 0.3) is 0 Å². The second-order valence-electron chi connectivity index (χ2n) is 4.35. The number of hydrogen-bond donors (Lipinski definition) is 1. The zero-order valence-corrected chi connectivity index (χ0v) is 10.2. The Kier molecular flexibility index (Phi) is 5.00. The standard InChI is InChI=1S/C13H22O3/c1-3-11(12(14)16-4-2)13(15)9-7-5-6-8-10-13/h7,9,11,15H,3-6,8,10H2,1-2H3. The normalized spacial score (nSPS) is 27.2. The van der Waals surface area contributed by atoms with E-state index < -0.39 is 11.5 Å². The summed E-state index contributed by atoms with van der Waals surface area (Å²) in [5, 5.41) is 10.5. The molecule has 0 saturated heterocycles. The van der Waals surface area contributed by atoms with E-state index in [-0.39, 0.29) is 5.97 Å². The van der Waals surface area contributed by atoms with Gasteiger partial charge >= 0.3 is 5.97 Å². The molecule has 3 heteroatoms. The number of hydrogen-bond acceptors (Lipinski definition) is 3. The van der Waals surface area contributed by atoms with Crippen LogP contribution in [0.4, 0.5) is 0 Å². The highest BCUT2D eigenvalue weighted by Crippen LogP contribution is 2.31. The topological polar surface area (TPSA) is 46.5 Å². The number of carbonyl (C=O) groups excluding carboxylic acids is 1. The minimum Gasteiger partial charge on any atom is -0.466 e.